The van der Waals surface area contributed by atoms with Gasteiger partial charge < -0.3 is 14.2 Å². The van der Waals surface area contributed by atoms with E-state index in [2.05, 4.69) is 124 Å². The van der Waals surface area contributed by atoms with Crippen LogP contribution in [0.2, 0.25) is 0 Å². The standard InChI is InChI=1S/C77H132O6/c1-4-7-10-13-16-19-22-25-27-29-31-33-35-37-38-40-41-43-45-47-49-52-55-58-61-64-67-70-76(79)82-73-74(72-81-75(78)69-66-63-60-57-54-51-24-21-18-15-12-9-6-3)83-77(80)71-68-65-62-59-56-53-50-48-46-44-42-39-36-34-32-30-28-26-23-20-17-14-11-8-5-2/h9,12,18,21-23,25-26,29-32,36,39,51,54,60,63,74H,4-8,10-11,13-17,19-20,24,27-28,33-35,37-38,40-50,52-53,55-59,61-62,64-73H2,1-3H3/b12-9-,21-18-,25-22-,26-23-,31-29-,32-30-,39-36-,54-51-,63-60-. The van der Waals surface area contributed by atoms with E-state index in [4.69, 9.17) is 14.2 Å². The van der Waals surface area contributed by atoms with Crippen LogP contribution in [-0.2, 0) is 28.6 Å². The minimum Gasteiger partial charge on any atom is -0.462 e. The second-order valence-electron chi connectivity index (χ2n) is 23.4. The second kappa shape index (κ2) is 70.6. The molecule has 0 saturated carbocycles. The zero-order valence-electron chi connectivity index (χ0n) is 54.7. The molecule has 0 amide bonds. The van der Waals surface area contributed by atoms with Gasteiger partial charge in [-0.25, -0.2) is 0 Å². The molecular weight excluding hydrogens is 1020 g/mol. The van der Waals surface area contributed by atoms with Crippen molar-refractivity contribution in [2.75, 3.05) is 13.2 Å². The number of carbonyl (C=O) groups excluding carboxylic acids is 3. The highest BCUT2D eigenvalue weighted by Crippen LogP contribution is 2.17. The minimum atomic E-state index is -0.812. The third-order valence-corrected chi connectivity index (χ3v) is 15.2. The monoisotopic (exact) mass is 1150 g/mol. The maximum atomic E-state index is 12.9. The molecule has 0 fully saturated rings. The predicted molar refractivity (Wildman–Crippen MR) is 362 cm³/mol. The lowest BCUT2D eigenvalue weighted by atomic mass is 10.0. The Bertz CT molecular complexity index is 1660. The first-order valence-corrected chi connectivity index (χ1v) is 35.4. The molecule has 6 nitrogen and oxygen atoms in total. The summed E-state index contributed by atoms with van der Waals surface area (Å²) in [5.41, 5.74) is 0. The molecule has 0 aromatic carbocycles. The number of allylic oxidation sites excluding steroid dienone is 18. The van der Waals surface area contributed by atoms with Crippen molar-refractivity contribution in [2.24, 2.45) is 0 Å². The minimum absolute atomic E-state index is 0.101. The Morgan fingerprint density at radius 3 is 0.807 bits per heavy atom. The molecule has 0 rings (SSSR count). The molecule has 0 bridgehead atoms. The van der Waals surface area contributed by atoms with Crippen LogP contribution in [0, 0.1) is 0 Å². The van der Waals surface area contributed by atoms with Crippen LogP contribution in [0.15, 0.2) is 109 Å². The van der Waals surface area contributed by atoms with Crippen molar-refractivity contribution < 1.29 is 28.6 Å². The van der Waals surface area contributed by atoms with Gasteiger partial charge in [0, 0.05) is 19.3 Å². The van der Waals surface area contributed by atoms with Crippen LogP contribution in [0.25, 0.3) is 0 Å². The van der Waals surface area contributed by atoms with E-state index >= 15 is 0 Å². The van der Waals surface area contributed by atoms with E-state index in [1.54, 1.807) is 0 Å². The van der Waals surface area contributed by atoms with Gasteiger partial charge in [-0.15, -0.1) is 0 Å². The van der Waals surface area contributed by atoms with Gasteiger partial charge in [0.2, 0.25) is 0 Å². The molecule has 0 N–H and O–H groups in total. The summed E-state index contributed by atoms with van der Waals surface area (Å²) in [6.07, 6.45) is 97.1. The van der Waals surface area contributed by atoms with Crippen LogP contribution in [0.3, 0.4) is 0 Å². The molecule has 476 valence electrons. The van der Waals surface area contributed by atoms with Crippen molar-refractivity contribution in [3.63, 3.8) is 0 Å². The molecule has 0 aliphatic rings. The highest BCUT2D eigenvalue weighted by molar-refractivity contribution is 5.71. The number of rotatable bonds is 64. The van der Waals surface area contributed by atoms with E-state index < -0.39 is 6.10 Å². The summed E-state index contributed by atoms with van der Waals surface area (Å²) in [4.78, 5) is 38.4. The van der Waals surface area contributed by atoms with Gasteiger partial charge in [-0.2, -0.15) is 0 Å². The maximum absolute atomic E-state index is 12.9. The normalized spacial score (nSPS) is 12.8. The third-order valence-electron chi connectivity index (χ3n) is 15.2. The molecule has 0 aliphatic carbocycles. The lowest BCUT2D eigenvalue weighted by Crippen LogP contribution is -2.30. The number of esters is 3. The molecule has 0 aromatic heterocycles. The zero-order valence-corrected chi connectivity index (χ0v) is 54.7. The lowest BCUT2D eigenvalue weighted by molar-refractivity contribution is -0.166. The SMILES string of the molecule is CC/C=C\C/C=C\C/C=C\C/C=C\CCC(=O)OCC(COC(=O)CCCCCCCCCCCCCCCCC/C=C\C/C=C\CCCCCCC)OC(=O)CCCCCCCCCCCC/C=C\C/C=C\C/C=C\CCCCCCC. The quantitative estimate of drug-likeness (QED) is 0.0261. The fourth-order valence-electron chi connectivity index (χ4n) is 9.97. The average molecular weight is 1150 g/mol. The Hall–Kier alpha value is -3.93. The summed E-state index contributed by atoms with van der Waals surface area (Å²) in [6, 6.07) is 0. The third kappa shape index (κ3) is 68.7. The fraction of sp³-hybridized carbons (Fsp3) is 0.727. The predicted octanol–water partition coefficient (Wildman–Crippen LogP) is 24.6. The van der Waals surface area contributed by atoms with Gasteiger partial charge in [-0.1, -0.05) is 316 Å². The second-order valence-corrected chi connectivity index (χ2v) is 23.4. The molecule has 6 heteroatoms. The van der Waals surface area contributed by atoms with Crippen molar-refractivity contribution in [1.82, 2.24) is 0 Å². The molecule has 83 heavy (non-hydrogen) atoms. The molecule has 0 aliphatic heterocycles. The summed E-state index contributed by atoms with van der Waals surface area (Å²) in [5, 5.41) is 0. The molecule has 0 spiro atoms. The van der Waals surface area contributed by atoms with Crippen molar-refractivity contribution in [3.05, 3.63) is 109 Å². The number of ether oxygens (including phenoxy) is 3. The molecule has 1 atom stereocenters. The molecule has 0 heterocycles. The van der Waals surface area contributed by atoms with Crippen molar-refractivity contribution in [3.8, 4) is 0 Å². The Kier molecular flexibility index (Phi) is 67.2. The summed E-state index contributed by atoms with van der Waals surface area (Å²) in [7, 11) is 0. The van der Waals surface area contributed by atoms with Crippen molar-refractivity contribution in [1.29, 1.82) is 0 Å². The Labute approximate surface area is 514 Å². The molecule has 0 aromatic rings. The number of unbranched alkanes of at least 4 members (excludes halogenated alkanes) is 35. The summed E-state index contributed by atoms with van der Waals surface area (Å²) >= 11 is 0. The first-order valence-electron chi connectivity index (χ1n) is 35.4. The summed E-state index contributed by atoms with van der Waals surface area (Å²) in [6.45, 7) is 6.47. The first kappa shape index (κ1) is 79.1. The topological polar surface area (TPSA) is 78.9 Å². The highest BCUT2D eigenvalue weighted by Gasteiger charge is 2.19. The average Bonchev–Trinajstić information content (AvgIpc) is 3.49. The first-order chi connectivity index (χ1) is 41.0. The van der Waals surface area contributed by atoms with Gasteiger partial charge in [-0.05, 0) is 116 Å². The number of hydrogen-bond acceptors (Lipinski definition) is 6. The summed E-state index contributed by atoms with van der Waals surface area (Å²) in [5.74, 6) is -0.979. The van der Waals surface area contributed by atoms with E-state index in [0.29, 0.717) is 19.3 Å². The van der Waals surface area contributed by atoms with E-state index in [0.717, 1.165) is 83.5 Å². The van der Waals surface area contributed by atoms with Gasteiger partial charge in [0.15, 0.2) is 6.10 Å². The van der Waals surface area contributed by atoms with Crippen molar-refractivity contribution >= 4 is 17.9 Å². The largest absolute Gasteiger partial charge is 0.462 e. The van der Waals surface area contributed by atoms with Crippen LogP contribution < -0.4 is 0 Å². The summed E-state index contributed by atoms with van der Waals surface area (Å²) < 4.78 is 16.9. The fourth-order valence-corrected chi connectivity index (χ4v) is 9.97. The van der Waals surface area contributed by atoms with Gasteiger partial charge in [0.1, 0.15) is 13.2 Å². The lowest BCUT2D eigenvalue weighted by Gasteiger charge is -2.18. The Morgan fingerprint density at radius 1 is 0.253 bits per heavy atom. The Morgan fingerprint density at radius 2 is 0.494 bits per heavy atom. The Balaban J connectivity index is 4.31. The van der Waals surface area contributed by atoms with Crippen LogP contribution in [-0.4, -0.2) is 37.2 Å². The van der Waals surface area contributed by atoms with Gasteiger partial charge >= 0.3 is 17.9 Å². The molecule has 1 unspecified atom stereocenters. The van der Waals surface area contributed by atoms with Crippen LogP contribution >= 0.6 is 0 Å². The van der Waals surface area contributed by atoms with E-state index in [1.165, 1.54) is 212 Å². The van der Waals surface area contributed by atoms with Gasteiger partial charge in [0.25, 0.3) is 0 Å². The molecular formula is C77H132O6. The smallest absolute Gasteiger partial charge is 0.306 e. The van der Waals surface area contributed by atoms with E-state index in [1.807, 2.05) is 6.08 Å². The van der Waals surface area contributed by atoms with E-state index in [9.17, 15) is 14.4 Å². The van der Waals surface area contributed by atoms with Gasteiger partial charge in [0.05, 0.1) is 0 Å². The molecule has 0 radical (unpaired) electrons. The highest BCUT2D eigenvalue weighted by atomic mass is 16.6. The van der Waals surface area contributed by atoms with Gasteiger partial charge in [-0.3, -0.25) is 14.4 Å². The van der Waals surface area contributed by atoms with Crippen LogP contribution in [0.1, 0.15) is 342 Å². The van der Waals surface area contributed by atoms with Crippen LogP contribution in [0.5, 0.6) is 0 Å². The zero-order chi connectivity index (χ0) is 59.9. The van der Waals surface area contributed by atoms with E-state index in [-0.39, 0.29) is 37.5 Å². The van der Waals surface area contributed by atoms with Crippen molar-refractivity contribution in [2.45, 2.75) is 348 Å². The van der Waals surface area contributed by atoms with Crippen LogP contribution in [0.4, 0.5) is 0 Å². The number of carbonyl (C=O) groups is 3. The maximum Gasteiger partial charge on any atom is 0.306 e. The number of hydrogen-bond donors (Lipinski definition) is 0. The molecule has 0 saturated heterocycles.